The minimum absolute atomic E-state index is 0.0420. The van der Waals surface area contributed by atoms with E-state index in [0.29, 0.717) is 6.42 Å². The molecule has 0 N–H and O–H groups in total. The summed E-state index contributed by atoms with van der Waals surface area (Å²) in [6.45, 7) is 11.1. The molecule has 0 saturated heterocycles. The van der Waals surface area contributed by atoms with Gasteiger partial charge in [-0.05, 0) is 18.6 Å². The smallest absolute Gasteiger partial charge is 0.306 e. The Bertz CT molecular complexity index is 629. The molecule has 1 aromatic rings. The molecule has 1 atom stereocenters. The lowest BCUT2D eigenvalue weighted by atomic mass is 9.82. The SMILES string of the molecule is CC(CC(=O)OCCC(C)(C)C(=O)Cc1ccccn1)C(=O)C(C)(C)C. The van der Waals surface area contributed by atoms with Gasteiger partial charge in [0.2, 0.25) is 0 Å². The lowest BCUT2D eigenvalue weighted by Gasteiger charge is -2.23. The highest BCUT2D eigenvalue weighted by atomic mass is 16.5. The summed E-state index contributed by atoms with van der Waals surface area (Å²) in [4.78, 5) is 40.7. The fourth-order valence-electron chi connectivity index (χ4n) is 2.61. The molecule has 5 heteroatoms. The number of carbonyl (C=O) groups is 3. The number of hydrogen-bond acceptors (Lipinski definition) is 5. The Hall–Kier alpha value is -2.04. The van der Waals surface area contributed by atoms with Gasteiger partial charge in [-0.1, -0.05) is 47.6 Å². The van der Waals surface area contributed by atoms with Crippen LogP contribution in [0.5, 0.6) is 0 Å². The zero-order valence-electron chi connectivity index (χ0n) is 16.8. The predicted octanol–water partition coefficient (Wildman–Crippen LogP) is 3.79. The van der Waals surface area contributed by atoms with Gasteiger partial charge in [0, 0.05) is 35.1 Å². The van der Waals surface area contributed by atoms with Gasteiger partial charge in [0.15, 0.2) is 0 Å². The minimum atomic E-state index is -0.607. The van der Waals surface area contributed by atoms with Gasteiger partial charge in [0.25, 0.3) is 0 Å². The first-order valence-electron chi connectivity index (χ1n) is 9.06. The molecule has 144 valence electrons. The first kappa shape index (κ1) is 22.0. The van der Waals surface area contributed by atoms with Gasteiger partial charge in [-0.3, -0.25) is 19.4 Å². The van der Waals surface area contributed by atoms with Crippen molar-refractivity contribution in [3.8, 4) is 0 Å². The van der Waals surface area contributed by atoms with Crippen molar-refractivity contribution in [3.05, 3.63) is 30.1 Å². The maximum atomic E-state index is 12.5. The zero-order chi connectivity index (χ0) is 20.0. The topological polar surface area (TPSA) is 73.3 Å². The molecular weight excluding hydrogens is 330 g/mol. The van der Waals surface area contributed by atoms with E-state index < -0.39 is 16.8 Å². The van der Waals surface area contributed by atoms with E-state index in [1.165, 1.54) is 0 Å². The fourth-order valence-corrected chi connectivity index (χ4v) is 2.61. The van der Waals surface area contributed by atoms with Crippen LogP contribution in [0.1, 0.15) is 60.1 Å². The number of aromatic nitrogens is 1. The Morgan fingerprint density at radius 1 is 1.12 bits per heavy atom. The minimum Gasteiger partial charge on any atom is -0.466 e. The van der Waals surface area contributed by atoms with E-state index in [1.54, 1.807) is 13.1 Å². The maximum Gasteiger partial charge on any atom is 0.306 e. The molecule has 0 saturated carbocycles. The molecule has 0 spiro atoms. The van der Waals surface area contributed by atoms with E-state index in [2.05, 4.69) is 4.98 Å². The number of pyridine rings is 1. The Kier molecular flexibility index (Phi) is 7.67. The van der Waals surface area contributed by atoms with E-state index in [0.717, 1.165) is 5.69 Å². The van der Waals surface area contributed by atoms with E-state index in [4.69, 9.17) is 4.74 Å². The third-order valence-electron chi connectivity index (χ3n) is 4.47. The fraction of sp³-hybridized carbons (Fsp3) is 0.619. The number of nitrogens with zero attached hydrogens (tertiary/aromatic N) is 1. The first-order chi connectivity index (χ1) is 11.9. The van der Waals surface area contributed by atoms with Crippen molar-refractivity contribution in [2.45, 2.75) is 60.8 Å². The molecule has 0 radical (unpaired) electrons. The third kappa shape index (κ3) is 7.06. The van der Waals surface area contributed by atoms with Crippen molar-refractivity contribution in [3.63, 3.8) is 0 Å². The van der Waals surface area contributed by atoms with E-state index in [9.17, 15) is 14.4 Å². The third-order valence-corrected chi connectivity index (χ3v) is 4.47. The molecular formula is C21H31NO4. The van der Waals surface area contributed by atoms with Crippen LogP contribution in [-0.4, -0.2) is 29.1 Å². The highest BCUT2D eigenvalue weighted by Crippen LogP contribution is 2.25. The van der Waals surface area contributed by atoms with Gasteiger partial charge in [-0.2, -0.15) is 0 Å². The van der Waals surface area contributed by atoms with Crippen molar-refractivity contribution in [2.24, 2.45) is 16.7 Å². The summed E-state index contributed by atoms with van der Waals surface area (Å²) in [6, 6.07) is 5.48. The standard InChI is InChI=1S/C21H31NO4/c1-15(19(25)20(2,3)4)13-18(24)26-12-10-21(5,6)17(23)14-16-9-7-8-11-22-16/h7-9,11,15H,10,12-14H2,1-6H3. The van der Waals surface area contributed by atoms with Crippen molar-refractivity contribution in [1.82, 2.24) is 4.98 Å². The number of Topliss-reactive ketones (excluding diaryl/α,β-unsaturated/α-hetero) is 2. The Morgan fingerprint density at radius 2 is 1.77 bits per heavy atom. The van der Waals surface area contributed by atoms with Gasteiger partial charge < -0.3 is 4.74 Å². The van der Waals surface area contributed by atoms with Gasteiger partial charge in [-0.25, -0.2) is 0 Å². The Morgan fingerprint density at radius 3 is 2.31 bits per heavy atom. The maximum absolute atomic E-state index is 12.5. The summed E-state index contributed by atoms with van der Waals surface area (Å²) in [5.74, 6) is -0.673. The number of ether oxygens (including phenoxy) is 1. The molecule has 1 heterocycles. The van der Waals surface area contributed by atoms with Gasteiger partial charge in [-0.15, -0.1) is 0 Å². The highest BCUT2D eigenvalue weighted by Gasteiger charge is 2.30. The lowest BCUT2D eigenvalue weighted by molar-refractivity contribution is -0.148. The average molecular weight is 361 g/mol. The van der Waals surface area contributed by atoms with Gasteiger partial charge >= 0.3 is 5.97 Å². The largest absolute Gasteiger partial charge is 0.466 e. The number of esters is 1. The van der Waals surface area contributed by atoms with E-state index in [-0.39, 0.29) is 36.9 Å². The normalized spacial score (nSPS) is 13.2. The van der Waals surface area contributed by atoms with Crippen molar-refractivity contribution < 1.29 is 19.1 Å². The molecule has 0 aliphatic carbocycles. The second-order valence-electron chi connectivity index (χ2n) is 8.49. The molecule has 1 rings (SSSR count). The quantitative estimate of drug-likeness (QED) is 0.626. The monoisotopic (exact) mass is 361 g/mol. The molecule has 0 aliphatic rings. The summed E-state index contributed by atoms with van der Waals surface area (Å²) in [5, 5.41) is 0. The van der Waals surface area contributed by atoms with Crippen molar-refractivity contribution in [1.29, 1.82) is 0 Å². The summed E-state index contributed by atoms with van der Waals surface area (Å²) in [5.41, 5.74) is -0.346. The van der Waals surface area contributed by atoms with Crippen LogP contribution in [-0.2, 0) is 25.5 Å². The molecule has 0 fully saturated rings. The van der Waals surface area contributed by atoms with E-state index in [1.807, 2.05) is 52.8 Å². The molecule has 0 amide bonds. The number of ketones is 2. The molecule has 0 aromatic carbocycles. The molecule has 0 bridgehead atoms. The lowest BCUT2D eigenvalue weighted by Crippen LogP contribution is -2.30. The van der Waals surface area contributed by atoms with Crippen LogP contribution in [0.3, 0.4) is 0 Å². The Balaban J connectivity index is 2.44. The first-order valence-corrected chi connectivity index (χ1v) is 9.06. The van der Waals surface area contributed by atoms with Crippen LogP contribution in [0.15, 0.2) is 24.4 Å². The predicted molar refractivity (Wildman–Crippen MR) is 101 cm³/mol. The van der Waals surface area contributed by atoms with Crippen molar-refractivity contribution >= 4 is 17.5 Å². The second kappa shape index (κ2) is 9.06. The van der Waals surface area contributed by atoms with Crippen LogP contribution >= 0.6 is 0 Å². The molecule has 1 aromatic heterocycles. The summed E-state index contributed by atoms with van der Waals surface area (Å²) < 4.78 is 5.25. The Labute approximate surface area is 156 Å². The van der Waals surface area contributed by atoms with E-state index >= 15 is 0 Å². The van der Waals surface area contributed by atoms with Crippen LogP contribution in [0, 0.1) is 16.7 Å². The number of hydrogen-bond donors (Lipinski definition) is 0. The summed E-state index contributed by atoms with van der Waals surface area (Å²) in [6.07, 6.45) is 2.43. The number of carbonyl (C=O) groups excluding carboxylic acids is 3. The van der Waals surface area contributed by atoms with Gasteiger partial charge in [0.1, 0.15) is 11.6 Å². The zero-order valence-corrected chi connectivity index (χ0v) is 16.8. The summed E-state index contributed by atoms with van der Waals surface area (Å²) >= 11 is 0. The number of rotatable bonds is 9. The van der Waals surface area contributed by atoms with Crippen LogP contribution in [0.4, 0.5) is 0 Å². The second-order valence-corrected chi connectivity index (χ2v) is 8.49. The summed E-state index contributed by atoms with van der Waals surface area (Å²) in [7, 11) is 0. The molecule has 26 heavy (non-hydrogen) atoms. The van der Waals surface area contributed by atoms with Gasteiger partial charge in [0.05, 0.1) is 13.0 Å². The molecule has 0 aliphatic heterocycles. The molecule has 1 unspecified atom stereocenters. The van der Waals surface area contributed by atoms with Crippen LogP contribution in [0.25, 0.3) is 0 Å². The highest BCUT2D eigenvalue weighted by molar-refractivity contribution is 5.89. The van der Waals surface area contributed by atoms with Crippen LogP contribution in [0.2, 0.25) is 0 Å². The average Bonchev–Trinajstić information content (AvgIpc) is 2.53. The molecule has 5 nitrogen and oxygen atoms in total. The van der Waals surface area contributed by atoms with Crippen LogP contribution < -0.4 is 0 Å². The van der Waals surface area contributed by atoms with Crippen molar-refractivity contribution in [2.75, 3.05) is 6.61 Å².